The summed E-state index contributed by atoms with van der Waals surface area (Å²) in [7, 11) is -3.67. The van der Waals surface area contributed by atoms with Gasteiger partial charge in [-0.2, -0.15) is 4.31 Å². The number of fused-ring (bicyclic) bond motifs is 1. The van der Waals surface area contributed by atoms with E-state index in [-0.39, 0.29) is 23.3 Å². The Bertz CT molecular complexity index is 1310. The van der Waals surface area contributed by atoms with Crippen LogP contribution in [0.5, 0.6) is 0 Å². The Hall–Kier alpha value is -3.24. The number of aryl methyl sites for hydroxylation is 1. The van der Waals surface area contributed by atoms with Crippen molar-refractivity contribution < 1.29 is 18.0 Å². The van der Waals surface area contributed by atoms with Crippen LogP contribution in [0.25, 0.3) is 11.0 Å². The Kier molecular flexibility index (Phi) is 7.73. The van der Waals surface area contributed by atoms with Crippen molar-refractivity contribution in [3.63, 3.8) is 0 Å². The van der Waals surface area contributed by atoms with Gasteiger partial charge in [0.15, 0.2) is 0 Å². The van der Waals surface area contributed by atoms with Gasteiger partial charge in [0, 0.05) is 25.7 Å². The number of sulfonamides is 1. The van der Waals surface area contributed by atoms with E-state index >= 15 is 0 Å². The number of anilines is 1. The standard InChI is InChI=1S/C24H31N5O4S/c1-6-28(7-2)34(32,33)22-14-19(13-12-16(22)3)26-23(31)15-29-21-11-9-8-10-20(21)27-24(29)17(4)25-18(5)30/h8-14,17H,6-7,15H2,1-5H3,(H,25,30)(H,26,31). The molecule has 0 spiro atoms. The van der Waals surface area contributed by atoms with Crippen molar-refractivity contribution in [3.8, 4) is 0 Å². The van der Waals surface area contributed by atoms with Gasteiger partial charge in [0.25, 0.3) is 0 Å². The Labute approximate surface area is 200 Å². The Morgan fingerprint density at radius 2 is 1.79 bits per heavy atom. The molecular weight excluding hydrogens is 454 g/mol. The van der Waals surface area contributed by atoms with Crippen molar-refractivity contribution in [2.75, 3.05) is 18.4 Å². The number of imidazole rings is 1. The summed E-state index contributed by atoms with van der Waals surface area (Å²) >= 11 is 0. The van der Waals surface area contributed by atoms with Crippen LogP contribution in [-0.4, -0.2) is 47.2 Å². The van der Waals surface area contributed by atoms with Crippen molar-refractivity contribution in [2.45, 2.75) is 52.1 Å². The molecule has 1 heterocycles. The van der Waals surface area contributed by atoms with Gasteiger partial charge in [-0.15, -0.1) is 0 Å². The van der Waals surface area contributed by atoms with E-state index in [1.54, 1.807) is 44.4 Å². The first kappa shape index (κ1) is 25.4. The number of aromatic nitrogens is 2. The molecule has 9 nitrogen and oxygen atoms in total. The van der Waals surface area contributed by atoms with Gasteiger partial charge >= 0.3 is 0 Å². The van der Waals surface area contributed by atoms with Crippen LogP contribution < -0.4 is 10.6 Å². The topological polar surface area (TPSA) is 113 Å². The maximum Gasteiger partial charge on any atom is 0.244 e. The van der Waals surface area contributed by atoms with Crippen molar-refractivity contribution in [3.05, 3.63) is 53.9 Å². The average molecular weight is 486 g/mol. The molecule has 3 aromatic rings. The molecule has 10 heteroatoms. The molecule has 2 N–H and O–H groups in total. The zero-order valence-electron chi connectivity index (χ0n) is 20.1. The largest absolute Gasteiger partial charge is 0.347 e. The van der Waals surface area contributed by atoms with Crippen LogP contribution in [0, 0.1) is 6.92 Å². The molecule has 1 atom stereocenters. The lowest BCUT2D eigenvalue weighted by molar-refractivity contribution is -0.119. The number of rotatable bonds is 9. The number of hydrogen-bond acceptors (Lipinski definition) is 5. The van der Waals surface area contributed by atoms with E-state index in [2.05, 4.69) is 15.6 Å². The molecule has 0 radical (unpaired) electrons. The van der Waals surface area contributed by atoms with Gasteiger partial charge < -0.3 is 15.2 Å². The van der Waals surface area contributed by atoms with Crippen LogP contribution in [0.3, 0.4) is 0 Å². The molecule has 0 saturated carbocycles. The number of para-hydroxylation sites is 2. The third-order valence-corrected chi connectivity index (χ3v) is 7.78. The zero-order chi connectivity index (χ0) is 25.0. The first-order chi connectivity index (χ1) is 16.1. The minimum atomic E-state index is -3.67. The predicted octanol–water partition coefficient (Wildman–Crippen LogP) is 3.21. The number of nitrogens with one attached hydrogen (secondary N) is 2. The molecule has 2 aromatic carbocycles. The summed E-state index contributed by atoms with van der Waals surface area (Å²) in [6.45, 7) is 9.21. The molecule has 1 unspecified atom stereocenters. The molecule has 2 amide bonds. The maximum absolute atomic E-state index is 13.0. The van der Waals surface area contributed by atoms with Crippen LogP contribution in [0.2, 0.25) is 0 Å². The van der Waals surface area contributed by atoms with Crippen molar-refractivity contribution in [2.24, 2.45) is 0 Å². The number of carbonyl (C=O) groups excluding carboxylic acids is 2. The molecule has 0 fully saturated rings. The summed E-state index contributed by atoms with van der Waals surface area (Å²) in [4.78, 5) is 29.3. The molecule has 0 aliphatic carbocycles. The second-order valence-electron chi connectivity index (χ2n) is 8.08. The fourth-order valence-corrected chi connectivity index (χ4v) is 5.67. The fourth-order valence-electron chi connectivity index (χ4n) is 3.96. The Balaban J connectivity index is 1.90. The summed E-state index contributed by atoms with van der Waals surface area (Å²) in [5, 5.41) is 5.62. The lowest BCUT2D eigenvalue weighted by Crippen LogP contribution is -2.31. The third kappa shape index (κ3) is 5.28. The Morgan fingerprint density at radius 3 is 2.44 bits per heavy atom. The highest BCUT2D eigenvalue weighted by molar-refractivity contribution is 7.89. The summed E-state index contributed by atoms with van der Waals surface area (Å²) in [6, 6.07) is 11.9. The minimum Gasteiger partial charge on any atom is -0.347 e. The van der Waals surface area contributed by atoms with E-state index in [1.807, 2.05) is 24.3 Å². The van der Waals surface area contributed by atoms with E-state index in [0.29, 0.717) is 35.7 Å². The van der Waals surface area contributed by atoms with Gasteiger partial charge in [-0.05, 0) is 43.7 Å². The number of carbonyl (C=O) groups is 2. The molecule has 0 saturated heterocycles. The monoisotopic (exact) mass is 485 g/mol. The molecule has 0 aliphatic heterocycles. The van der Waals surface area contributed by atoms with Crippen LogP contribution in [-0.2, 0) is 26.2 Å². The molecule has 3 rings (SSSR count). The van der Waals surface area contributed by atoms with Crippen LogP contribution in [0.4, 0.5) is 5.69 Å². The quantitative estimate of drug-likeness (QED) is 0.483. The predicted molar refractivity (Wildman–Crippen MR) is 132 cm³/mol. The third-order valence-electron chi connectivity index (χ3n) is 5.59. The van der Waals surface area contributed by atoms with Crippen LogP contribution in [0.1, 0.15) is 45.1 Å². The SMILES string of the molecule is CCN(CC)S(=O)(=O)c1cc(NC(=O)Cn2c(C(C)NC(C)=O)nc3ccccc32)ccc1C. The molecule has 1 aromatic heterocycles. The lowest BCUT2D eigenvalue weighted by Gasteiger charge is -2.20. The molecular formula is C24H31N5O4S. The maximum atomic E-state index is 13.0. The first-order valence-corrected chi connectivity index (χ1v) is 12.6. The van der Waals surface area contributed by atoms with E-state index in [1.165, 1.54) is 17.3 Å². The van der Waals surface area contributed by atoms with Crippen molar-refractivity contribution >= 4 is 38.6 Å². The molecule has 34 heavy (non-hydrogen) atoms. The number of hydrogen-bond donors (Lipinski definition) is 2. The number of amides is 2. The van der Waals surface area contributed by atoms with Gasteiger partial charge in [-0.1, -0.05) is 32.0 Å². The zero-order valence-corrected chi connectivity index (χ0v) is 20.9. The van der Waals surface area contributed by atoms with Gasteiger partial charge in [-0.3, -0.25) is 9.59 Å². The Morgan fingerprint density at radius 1 is 1.12 bits per heavy atom. The normalized spacial score (nSPS) is 12.6. The van der Waals surface area contributed by atoms with Gasteiger partial charge in [0.2, 0.25) is 21.8 Å². The summed E-state index contributed by atoms with van der Waals surface area (Å²) in [6.07, 6.45) is 0. The minimum absolute atomic E-state index is 0.0498. The highest BCUT2D eigenvalue weighted by Gasteiger charge is 2.24. The van der Waals surface area contributed by atoms with E-state index < -0.39 is 16.1 Å². The fraction of sp³-hybridized carbons (Fsp3) is 0.375. The van der Waals surface area contributed by atoms with Gasteiger partial charge in [0.1, 0.15) is 12.4 Å². The molecule has 0 bridgehead atoms. The highest BCUT2D eigenvalue weighted by Crippen LogP contribution is 2.25. The summed E-state index contributed by atoms with van der Waals surface area (Å²) in [5.74, 6) is 0.0203. The van der Waals surface area contributed by atoms with E-state index in [4.69, 9.17) is 0 Å². The summed E-state index contributed by atoms with van der Waals surface area (Å²) in [5.41, 5.74) is 2.48. The highest BCUT2D eigenvalue weighted by atomic mass is 32.2. The van der Waals surface area contributed by atoms with Crippen LogP contribution in [0.15, 0.2) is 47.4 Å². The smallest absolute Gasteiger partial charge is 0.244 e. The van der Waals surface area contributed by atoms with Crippen molar-refractivity contribution in [1.29, 1.82) is 0 Å². The second kappa shape index (κ2) is 10.4. The lowest BCUT2D eigenvalue weighted by atomic mass is 10.2. The number of nitrogens with zero attached hydrogens (tertiary/aromatic N) is 3. The van der Waals surface area contributed by atoms with Crippen molar-refractivity contribution in [1.82, 2.24) is 19.2 Å². The second-order valence-corrected chi connectivity index (χ2v) is 9.99. The molecule has 182 valence electrons. The summed E-state index contributed by atoms with van der Waals surface area (Å²) < 4.78 is 29.2. The number of benzene rings is 2. The molecule has 0 aliphatic rings. The van der Waals surface area contributed by atoms with Gasteiger partial charge in [0.05, 0.1) is 22.0 Å². The van der Waals surface area contributed by atoms with E-state index in [0.717, 1.165) is 5.52 Å². The van der Waals surface area contributed by atoms with Gasteiger partial charge in [-0.25, -0.2) is 13.4 Å². The first-order valence-electron chi connectivity index (χ1n) is 11.2. The van der Waals surface area contributed by atoms with Crippen LogP contribution >= 0.6 is 0 Å². The average Bonchev–Trinajstić information content (AvgIpc) is 3.13. The van der Waals surface area contributed by atoms with E-state index in [9.17, 15) is 18.0 Å².